The second-order valence-corrected chi connectivity index (χ2v) is 7.39. The van der Waals surface area contributed by atoms with Crippen molar-refractivity contribution in [3.63, 3.8) is 0 Å². The van der Waals surface area contributed by atoms with Crippen LogP contribution in [0.4, 0.5) is 0 Å². The van der Waals surface area contributed by atoms with Gasteiger partial charge in [-0.2, -0.15) is 20.0 Å². The molecule has 5 rings (SSSR count). The minimum atomic E-state index is -0.272. The Morgan fingerprint density at radius 1 is 1.22 bits per heavy atom. The SMILES string of the molecule is CCOc1ncccc1-c1nc(C2CCN2C(=O)c2cc(C)ccc2-n2nccn2)no1. The summed E-state index contributed by atoms with van der Waals surface area (Å²) in [5.74, 6) is 1.08. The summed E-state index contributed by atoms with van der Waals surface area (Å²) < 4.78 is 11.0. The molecule has 1 amide bonds. The van der Waals surface area contributed by atoms with Crippen molar-refractivity contribution < 1.29 is 14.1 Å². The molecule has 0 saturated carbocycles. The lowest BCUT2D eigenvalue weighted by molar-refractivity contribution is 0.0435. The molecule has 0 N–H and O–H groups in total. The molecule has 0 radical (unpaired) electrons. The number of ether oxygens (including phenoxy) is 1. The van der Waals surface area contributed by atoms with Gasteiger partial charge in [0.25, 0.3) is 11.8 Å². The van der Waals surface area contributed by atoms with Gasteiger partial charge in [0.05, 0.1) is 36.3 Å². The predicted octanol–water partition coefficient (Wildman–Crippen LogP) is 3.01. The van der Waals surface area contributed by atoms with Crippen LogP contribution in [0.5, 0.6) is 5.88 Å². The smallest absolute Gasteiger partial charge is 0.263 e. The van der Waals surface area contributed by atoms with Crippen molar-refractivity contribution in [3.8, 4) is 23.0 Å². The Kier molecular flexibility index (Phi) is 5.10. The maximum Gasteiger partial charge on any atom is 0.263 e. The van der Waals surface area contributed by atoms with Gasteiger partial charge < -0.3 is 14.2 Å². The van der Waals surface area contributed by atoms with Crippen LogP contribution in [-0.4, -0.2) is 54.1 Å². The average Bonchev–Trinajstić information content (AvgIpc) is 3.46. The molecule has 1 saturated heterocycles. The van der Waals surface area contributed by atoms with E-state index in [0.29, 0.717) is 47.6 Å². The summed E-state index contributed by atoms with van der Waals surface area (Å²) in [6.45, 7) is 4.90. The molecule has 4 heterocycles. The number of benzene rings is 1. The van der Waals surface area contributed by atoms with Crippen molar-refractivity contribution in [2.45, 2.75) is 26.3 Å². The fraction of sp³-hybridized carbons (Fsp3) is 0.273. The van der Waals surface area contributed by atoms with Crippen molar-refractivity contribution >= 4 is 5.91 Å². The van der Waals surface area contributed by atoms with Gasteiger partial charge >= 0.3 is 0 Å². The molecular weight excluding hydrogens is 410 g/mol. The Morgan fingerprint density at radius 2 is 2.06 bits per heavy atom. The fourth-order valence-electron chi connectivity index (χ4n) is 3.67. The van der Waals surface area contributed by atoms with E-state index in [1.807, 2.05) is 38.1 Å². The van der Waals surface area contributed by atoms with Crippen LogP contribution in [0.25, 0.3) is 17.1 Å². The molecule has 0 aliphatic carbocycles. The Labute approximate surface area is 183 Å². The largest absolute Gasteiger partial charge is 0.477 e. The van der Waals surface area contributed by atoms with Crippen molar-refractivity contribution in [1.29, 1.82) is 0 Å². The van der Waals surface area contributed by atoms with Gasteiger partial charge in [0.15, 0.2) is 5.82 Å². The molecule has 32 heavy (non-hydrogen) atoms. The van der Waals surface area contributed by atoms with Crippen molar-refractivity contribution in [2.24, 2.45) is 0 Å². The van der Waals surface area contributed by atoms with Gasteiger partial charge in [-0.15, -0.1) is 0 Å². The molecule has 1 aromatic carbocycles. The highest BCUT2D eigenvalue weighted by Crippen LogP contribution is 2.36. The molecule has 1 fully saturated rings. The average molecular weight is 431 g/mol. The number of rotatable bonds is 6. The number of nitrogens with zero attached hydrogens (tertiary/aromatic N) is 7. The molecule has 0 spiro atoms. The van der Waals surface area contributed by atoms with Crippen LogP contribution in [0.1, 0.15) is 41.1 Å². The Balaban J connectivity index is 1.43. The number of carbonyl (C=O) groups is 1. The highest BCUT2D eigenvalue weighted by molar-refractivity contribution is 5.98. The molecule has 1 atom stereocenters. The monoisotopic (exact) mass is 431 g/mol. The quantitative estimate of drug-likeness (QED) is 0.458. The van der Waals surface area contributed by atoms with Crippen molar-refractivity contribution in [2.75, 3.05) is 13.2 Å². The summed E-state index contributed by atoms with van der Waals surface area (Å²) in [6, 6.07) is 8.95. The minimum Gasteiger partial charge on any atom is -0.477 e. The first-order valence-corrected chi connectivity index (χ1v) is 10.4. The molecule has 1 aliphatic heterocycles. The number of aromatic nitrogens is 6. The van der Waals surface area contributed by atoms with Crippen LogP contribution in [0.15, 0.2) is 53.4 Å². The molecular formula is C22H21N7O3. The minimum absolute atomic E-state index is 0.125. The summed E-state index contributed by atoms with van der Waals surface area (Å²) >= 11 is 0. The summed E-state index contributed by atoms with van der Waals surface area (Å²) in [4.78, 5) is 25.4. The third kappa shape index (κ3) is 3.49. The van der Waals surface area contributed by atoms with Gasteiger partial charge in [-0.1, -0.05) is 16.8 Å². The lowest BCUT2D eigenvalue weighted by Crippen LogP contribution is -2.46. The Bertz CT molecular complexity index is 1250. The van der Waals surface area contributed by atoms with Crippen LogP contribution in [-0.2, 0) is 0 Å². The second kappa shape index (κ2) is 8.22. The summed E-state index contributed by atoms with van der Waals surface area (Å²) in [7, 11) is 0. The number of hydrogen-bond donors (Lipinski definition) is 0. The van der Waals surface area contributed by atoms with E-state index < -0.39 is 0 Å². The Morgan fingerprint density at radius 3 is 2.81 bits per heavy atom. The van der Waals surface area contributed by atoms with E-state index in [0.717, 1.165) is 12.0 Å². The third-order valence-corrected chi connectivity index (χ3v) is 5.32. The first-order valence-electron chi connectivity index (χ1n) is 10.4. The maximum absolute atomic E-state index is 13.4. The Hall–Kier alpha value is -4.08. The van der Waals surface area contributed by atoms with Crippen LogP contribution < -0.4 is 4.74 Å². The zero-order valence-corrected chi connectivity index (χ0v) is 17.7. The third-order valence-electron chi connectivity index (χ3n) is 5.32. The second-order valence-electron chi connectivity index (χ2n) is 7.39. The van der Waals surface area contributed by atoms with E-state index in [4.69, 9.17) is 9.26 Å². The van der Waals surface area contributed by atoms with Gasteiger partial charge in [-0.25, -0.2) is 4.98 Å². The first kappa shape index (κ1) is 19.9. The number of pyridine rings is 1. The molecule has 1 aliphatic rings. The molecule has 0 bridgehead atoms. The zero-order chi connectivity index (χ0) is 22.1. The molecule has 10 nitrogen and oxygen atoms in total. The maximum atomic E-state index is 13.4. The number of hydrogen-bond acceptors (Lipinski definition) is 8. The van der Waals surface area contributed by atoms with E-state index >= 15 is 0 Å². The first-order chi connectivity index (χ1) is 15.7. The van der Waals surface area contributed by atoms with Crippen LogP contribution in [0, 0.1) is 6.92 Å². The number of likely N-dealkylation sites (tertiary alicyclic amines) is 1. The number of amides is 1. The van der Waals surface area contributed by atoms with Crippen molar-refractivity contribution in [3.05, 3.63) is 65.9 Å². The number of carbonyl (C=O) groups excluding carboxylic acids is 1. The molecule has 3 aromatic heterocycles. The van der Waals surface area contributed by atoms with Crippen molar-refractivity contribution in [1.82, 2.24) is 35.0 Å². The zero-order valence-electron chi connectivity index (χ0n) is 17.7. The highest BCUT2D eigenvalue weighted by Gasteiger charge is 2.38. The van der Waals surface area contributed by atoms with E-state index in [1.54, 1.807) is 29.6 Å². The van der Waals surface area contributed by atoms with Gasteiger partial charge in [-0.05, 0) is 44.5 Å². The highest BCUT2D eigenvalue weighted by atomic mass is 16.5. The van der Waals surface area contributed by atoms with Gasteiger partial charge in [-0.3, -0.25) is 4.79 Å². The van der Waals surface area contributed by atoms with E-state index in [2.05, 4.69) is 25.3 Å². The summed E-state index contributed by atoms with van der Waals surface area (Å²) in [6.07, 6.45) is 5.55. The predicted molar refractivity (Wildman–Crippen MR) is 113 cm³/mol. The van der Waals surface area contributed by atoms with E-state index in [-0.39, 0.29) is 11.9 Å². The fourth-order valence-corrected chi connectivity index (χ4v) is 3.67. The molecule has 162 valence electrons. The lowest BCUT2D eigenvalue weighted by Gasteiger charge is -2.39. The normalized spacial score (nSPS) is 15.4. The van der Waals surface area contributed by atoms with Gasteiger partial charge in [0.1, 0.15) is 5.56 Å². The summed E-state index contributed by atoms with van der Waals surface area (Å²) in [5, 5.41) is 12.5. The molecule has 1 unspecified atom stereocenters. The van der Waals surface area contributed by atoms with Gasteiger partial charge in [0, 0.05) is 12.7 Å². The van der Waals surface area contributed by atoms with E-state index in [1.165, 1.54) is 4.80 Å². The molecule has 10 heteroatoms. The van der Waals surface area contributed by atoms with Crippen LogP contribution in [0.3, 0.4) is 0 Å². The number of aryl methyl sites for hydroxylation is 1. The lowest BCUT2D eigenvalue weighted by atomic mass is 9.99. The standard InChI is InChI=1S/C22H21N7O3/c1-3-31-20-15(5-4-9-23-20)21-26-19(27-32-21)18-8-12-28(18)22(30)16-13-14(2)6-7-17(16)29-24-10-11-25-29/h4-7,9-11,13,18H,3,8,12H2,1-2H3. The van der Waals surface area contributed by atoms with Gasteiger partial charge in [0.2, 0.25) is 5.88 Å². The van der Waals surface area contributed by atoms with Crippen LogP contribution >= 0.6 is 0 Å². The van der Waals surface area contributed by atoms with E-state index in [9.17, 15) is 4.79 Å². The molecule has 4 aromatic rings. The van der Waals surface area contributed by atoms with Crippen LogP contribution in [0.2, 0.25) is 0 Å². The topological polar surface area (TPSA) is 112 Å². The summed E-state index contributed by atoms with van der Waals surface area (Å²) in [5.41, 5.74) is 2.75.